The molecular formula is C19H22ClN3O2. The van der Waals surface area contributed by atoms with Gasteiger partial charge in [-0.05, 0) is 44.2 Å². The van der Waals surface area contributed by atoms with Gasteiger partial charge in [0.15, 0.2) is 0 Å². The lowest BCUT2D eigenvalue weighted by molar-refractivity contribution is 0.0952. The van der Waals surface area contributed by atoms with Gasteiger partial charge in [0.25, 0.3) is 5.91 Å². The highest BCUT2D eigenvalue weighted by atomic mass is 35.5. The number of nitrogens with zero attached hydrogens (tertiary/aromatic N) is 2. The fourth-order valence-electron chi connectivity index (χ4n) is 2.46. The van der Waals surface area contributed by atoms with Crippen molar-refractivity contribution in [2.75, 3.05) is 25.1 Å². The van der Waals surface area contributed by atoms with E-state index in [9.17, 15) is 4.79 Å². The summed E-state index contributed by atoms with van der Waals surface area (Å²) in [4.78, 5) is 14.4. The van der Waals surface area contributed by atoms with Crippen molar-refractivity contribution in [3.8, 4) is 5.75 Å². The van der Waals surface area contributed by atoms with Crippen LogP contribution >= 0.6 is 11.6 Å². The number of para-hydroxylation sites is 1. The molecular weight excluding hydrogens is 338 g/mol. The Hall–Kier alpha value is -2.53. The summed E-state index contributed by atoms with van der Waals surface area (Å²) in [5.74, 6) is 0.154. The Morgan fingerprint density at radius 3 is 2.60 bits per heavy atom. The summed E-state index contributed by atoms with van der Waals surface area (Å²) in [6.45, 7) is 6.02. The zero-order chi connectivity index (χ0) is 18.2. The highest BCUT2D eigenvalue weighted by Gasteiger charge is 2.10. The molecule has 0 radical (unpaired) electrons. The number of nitrogens with one attached hydrogen (secondary N) is 1. The number of amides is 1. The number of hydrazone groups is 1. The predicted molar refractivity (Wildman–Crippen MR) is 103 cm³/mol. The van der Waals surface area contributed by atoms with Crippen LogP contribution in [0.1, 0.15) is 29.8 Å². The number of carbonyl (C=O) groups excluding carboxylic acids is 1. The van der Waals surface area contributed by atoms with E-state index >= 15 is 0 Å². The van der Waals surface area contributed by atoms with Gasteiger partial charge in [-0.1, -0.05) is 23.7 Å². The zero-order valence-electron chi connectivity index (χ0n) is 14.6. The Morgan fingerprint density at radius 2 is 1.96 bits per heavy atom. The summed E-state index contributed by atoms with van der Waals surface area (Å²) in [6, 6.07) is 12.7. The number of anilines is 1. The third-order valence-corrected chi connectivity index (χ3v) is 4.16. The van der Waals surface area contributed by atoms with Crippen LogP contribution in [0, 0.1) is 0 Å². The van der Waals surface area contributed by atoms with Crippen LogP contribution in [0.3, 0.4) is 0 Å². The van der Waals surface area contributed by atoms with Crippen molar-refractivity contribution in [1.29, 1.82) is 0 Å². The molecule has 25 heavy (non-hydrogen) atoms. The minimum Gasteiger partial charge on any atom is -0.496 e. The van der Waals surface area contributed by atoms with E-state index in [4.69, 9.17) is 16.3 Å². The summed E-state index contributed by atoms with van der Waals surface area (Å²) in [5.41, 5.74) is 4.71. The van der Waals surface area contributed by atoms with Gasteiger partial charge >= 0.3 is 0 Å². The Balaban J connectivity index is 2.08. The third kappa shape index (κ3) is 4.73. The standard InChI is InChI=1S/C19H22ClN3O2/c1-4-23(5-2)15-11-10-14(17(20)12-15)13-21-22-19(24)16-8-6-7-9-18(16)25-3/h6-13H,4-5H2,1-3H3,(H,22,24)/b21-13+. The molecule has 1 N–H and O–H groups in total. The first-order valence-corrected chi connectivity index (χ1v) is 8.49. The fraction of sp³-hybridized carbons (Fsp3) is 0.263. The van der Waals surface area contributed by atoms with Crippen LogP contribution in [0.5, 0.6) is 5.75 Å². The maximum absolute atomic E-state index is 12.2. The van der Waals surface area contributed by atoms with Gasteiger partial charge in [0.2, 0.25) is 0 Å². The SMILES string of the molecule is CCN(CC)c1ccc(/C=N/NC(=O)c2ccccc2OC)c(Cl)c1. The molecule has 0 aliphatic rings. The van der Waals surface area contributed by atoms with Gasteiger partial charge in [0.05, 0.1) is 23.9 Å². The van der Waals surface area contributed by atoms with Crippen LogP contribution in [0.4, 0.5) is 5.69 Å². The van der Waals surface area contributed by atoms with E-state index in [1.165, 1.54) is 13.3 Å². The van der Waals surface area contributed by atoms with Crippen molar-refractivity contribution in [2.45, 2.75) is 13.8 Å². The summed E-state index contributed by atoms with van der Waals surface area (Å²) in [6.07, 6.45) is 1.53. The smallest absolute Gasteiger partial charge is 0.275 e. The zero-order valence-corrected chi connectivity index (χ0v) is 15.4. The Kier molecular flexibility index (Phi) is 6.83. The van der Waals surface area contributed by atoms with Crippen LogP contribution in [-0.4, -0.2) is 32.3 Å². The quantitative estimate of drug-likeness (QED) is 0.601. The summed E-state index contributed by atoms with van der Waals surface area (Å²) < 4.78 is 5.17. The average Bonchev–Trinajstić information content (AvgIpc) is 2.64. The van der Waals surface area contributed by atoms with Crippen molar-refractivity contribution in [3.63, 3.8) is 0 Å². The first-order valence-electron chi connectivity index (χ1n) is 8.11. The van der Waals surface area contributed by atoms with E-state index in [1.54, 1.807) is 24.3 Å². The predicted octanol–water partition coefficient (Wildman–Crippen LogP) is 3.96. The van der Waals surface area contributed by atoms with Crippen molar-refractivity contribution >= 4 is 29.4 Å². The molecule has 6 heteroatoms. The molecule has 1 amide bonds. The molecule has 0 heterocycles. The maximum atomic E-state index is 12.2. The van der Waals surface area contributed by atoms with E-state index < -0.39 is 0 Å². The second-order valence-electron chi connectivity index (χ2n) is 5.28. The number of hydrogen-bond donors (Lipinski definition) is 1. The molecule has 0 saturated heterocycles. The van der Waals surface area contributed by atoms with Gasteiger partial charge in [-0.25, -0.2) is 5.43 Å². The Morgan fingerprint density at radius 1 is 1.24 bits per heavy atom. The minimum atomic E-state index is -0.343. The van der Waals surface area contributed by atoms with Crippen LogP contribution in [0.25, 0.3) is 0 Å². The molecule has 0 aromatic heterocycles. The topological polar surface area (TPSA) is 53.9 Å². The van der Waals surface area contributed by atoms with Gasteiger partial charge in [0.1, 0.15) is 5.75 Å². The lowest BCUT2D eigenvalue weighted by Gasteiger charge is -2.21. The van der Waals surface area contributed by atoms with Crippen LogP contribution < -0.4 is 15.1 Å². The van der Waals surface area contributed by atoms with Gasteiger partial charge in [-0.2, -0.15) is 5.10 Å². The number of carbonyl (C=O) groups is 1. The maximum Gasteiger partial charge on any atom is 0.275 e. The minimum absolute atomic E-state index is 0.343. The molecule has 0 spiro atoms. The van der Waals surface area contributed by atoms with Crippen molar-refractivity contribution in [3.05, 3.63) is 58.6 Å². The van der Waals surface area contributed by atoms with E-state index in [0.717, 1.165) is 24.3 Å². The van der Waals surface area contributed by atoms with Crippen molar-refractivity contribution in [1.82, 2.24) is 5.43 Å². The van der Waals surface area contributed by atoms with Crippen LogP contribution in [-0.2, 0) is 0 Å². The van der Waals surface area contributed by atoms with Crippen molar-refractivity contribution < 1.29 is 9.53 Å². The summed E-state index contributed by atoms with van der Waals surface area (Å²) in [7, 11) is 1.52. The number of methoxy groups -OCH3 is 1. The van der Waals surface area contributed by atoms with Gasteiger partial charge in [-0.15, -0.1) is 0 Å². The molecule has 0 atom stereocenters. The molecule has 5 nitrogen and oxygen atoms in total. The monoisotopic (exact) mass is 359 g/mol. The second kappa shape index (κ2) is 9.08. The fourth-order valence-corrected chi connectivity index (χ4v) is 2.68. The van der Waals surface area contributed by atoms with Crippen LogP contribution in [0.15, 0.2) is 47.6 Å². The van der Waals surface area contributed by atoms with Crippen molar-refractivity contribution in [2.24, 2.45) is 5.10 Å². The van der Waals surface area contributed by atoms with Crippen LogP contribution in [0.2, 0.25) is 5.02 Å². The summed E-state index contributed by atoms with van der Waals surface area (Å²) in [5, 5.41) is 4.57. The molecule has 0 fully saturated rings. The number of hydrogen-bond acceptors (Lipinski definition) is 4. The molecule has 0 bridgehead atoms. The van der Waals surface area contributed by atoms with E-state index in [2.05, 4.69) is 29.3 Å². The van der Waals surface area contributed by atoms with E-state index in [-0.39, 0.29) is 5.91 Å². The first-order chi connectivity index (χ1) is 12.1. The van der Waals surface area contributed by atoms with Gasteiger partial charge in [-0.3, -0.25) is 4.79 Å². The highest BCUT2D eigenvalue weighted by molar-refractivity contribution is 6.33. The molecule has 0 aliphatic carbocycles. The highest BCUT2D eigenvalue weighted by Crippen LogP contribution is 2.22. The Bertz CT molecular complexity index is 758. The van der Waals surface area contributed by atoms with E-state index in [0.29, 0.717) is 16.3 Å². The van der Waals surface area contributed by atoms with Gasteiger partial charge in [0, 0.05) is 24.3 Å². The molecule has 0 saturated carbocycles. The first kappa shape index (κ1) is 18.8. The number of rotatable bonds is 7. The second-order valence-corrected chi connectivity index (χ2v) is 5.68. The molecule has 0 unspecified atom stereocenters. The normalized spacial score (nSPS) is 10.7. The molecule has 2 rings (SSSR count). The molecule has 2 aromatic rings. The number of ether oxygens (including phenoxy) is 1. The lowest BCUT2D eigenvalue weighted by atomic mass is 10.2. The lowest BCUT2D eigenvalue weighted by Crippen LogP contribution is -2.21. The van der Waals surface area contributed by atoms with Gasteiger partial charge < -0.3 is 9.64 Å². The third-order valence-electron chi connectivity index (χ3n) is 3.83. The Labute approximate surface area is 153 Å². The average molecular weight is 360 g/mol. The number of halogens is 1. The molecule has 2 aromatic carbocycles. The number of benzene rings is 2. The summed E-state index contributed by atoms with van der Waals surface area (Å²) >= 11 is 6.32. The van der Waals surface area contributed by atoms with E-state index in [1.807, 2.05) is 18.2 Å². The largest absolute Gasteiger partial charge is 0.496 e. The molecule has 0 aliphatic heterocycles. The molecule has 132 valence electrons.